The van der Waals surface area contributed by atoms with Gasteiger partial charge in [0.05, 0.1) is 16.9 Å². The van der Waals surface area contributed by atoms with Crippen LogP contribution in [-0.2, 0) is 14.9 Å². The Bertz CT molecular complexity index is 1470. The highest BCUT2D eigenvalue weighted by atomic mass is 16.5. The van der Waals surface area contributed by atoms with E-state index in [-0.39, 0.29) is 12.5 Å². The first-order chi connectivity index (χ1) is 17.6. The standard InChI is InChI=1S/C28H24B3N3O3/c1-16-3-9-22(17(2)13-16)27(36)37-28(30,31)20-6-4-18(5-7-20)24(15-32)26(35)34-21-8-10-23-19(14-21)11-12-33-25(23)29/h3-14,24H,15,32H2,1-2H3,(H,34,35)/t24-/m1/s1. The van der Waals surface area contributed by atoms with E-state index in [2.05, 4.69) is 10.3 Å². The lowest BCUT2D eigenvalue weighted by Crippen LogP contribution is -2.34. The lowest BCUT2D eigenvalue weighted by atomic mass is 9.61. The minimum atomic E-state index is -1.87. The number of aryl methyl sites for hydroxylation is 2. The largest absolute Gasteiger partial charge is 0.471 e. The van der Waals surface area contributed by atoms with Crippen molar-refractivity contribution in [1.82, 2.24) is 4.98 Å². The van der Waals surface area contributed by atoms with Gasteiger partial charge in [-0.2, -0.15) is 0 Å². The normalized spacial score (nSPS) is 12.2. The number of rotatable bonds is 7. The van der Waals surface area contributed by atoms with Crippen LogP contribution in [0.1, 0.15) is 38.5 Å². The summed E-state index contributed by atoms with van der Waals surface area (Å²) in [5.74, 6) is -1.53. The fourth-order valence-electron chi connectivity index (χ4n) is 4.19. The Hall–Kier alpha value is -3.84. The maximum Gasteiger partial charge on any atom is 0.337 e. The minimum absolute atomic E-state index is 0.0771. The number of esters is 1. The van der Waals surface area contributed by atoms with Gasteiger partial charge in [-0.25, -0.2) is 4.79 Å². The van der Waals surface area contributed by atoms with Crippen LogP contribution in [-0.4, -0.2) is 46.9 Å². The summed E-state index contributed by atoms with van der Waals surface area (Å²) in [6.45, 7) is 3.83. The molecule has 9 heteroatoms. The predicted octanol–water partition coefficient (Wildman–Crippen LogP) is 2.63. The van der Waals surface area contributed by atoms with Crippen molar-refractivity contribution in [2.75, 3.05) is 11.9 Å². The highest BCUT2D eigenvalue weighted by Crippen LogP contribution is 2.26. The SMILES string of the molecule is [B]c1nccc2cc(NC(=O)[C@H](CN)c3ccc(C([B])([B])OC(=O)c4ccc(C)cc4C)cc3)ccc12. The van der Waals surface area contributed by atoms with Crippen molar-refractivity contribution in [2.24, 2.45) is 5.73 Å². The number of carbonyl (C=O) groups excluding carboxylic acids is 2. The summed E-state index contributed by atoms with van der Waals surface area (Å²) in [5.41, 5.74) is 10.2. The van der Waals surface area contributed by atoms with Crippen LogP contribution in [0.4, 0.5) is 5.69 Å². The van der Waals surface area contributed by atoms with Crippen molar-refractivity contribution in [2.45, 2.75) is 25.2 Å². The van der Waals surface area contributed by atoms with Gasteiger partial charge in [0.25, 0.3) is 0 Å². The third-order valence-electron chi connectivity index (χ3n) is 6.24. The third kappa shape index (κ3) is 5.78. The fourth-order valence-corrected chi connectivity index (χ4v) is 4.19. The summed E-state index contributed by atoms with van der Waals surface area (Å²) >= 11 is 0. The molecule has 1 amide bonds. The van der Waals surface area contributed by atoms with E-state index in [4.69, 9.17) is 34.0 Å². The molecule has 37 heavy (non-hydrogen) atoms. The Balaban J connectivity index is 1.48. The van der Waals surface area contributed by atoms with Gasteiger partial charge in [-0.15, -0.1) is 0 Å². The van der Waals surface area contributed by atoms with Gasteiger partial charge in [0.1, 0.15) is 23.5 Å². The molecule has 3 N–H and O–H groups in total. The Morgan fingerprint density at radius 1 is 1.03 bits per heavy atom. The number of amides is 1. The van der Waals surface area contributed by atoms with Crippen molar-refractivity contribution in [3.63, 3.8) is 0 Å². The number of benzene rings is 3. The Labute approximate surface area is 220 Å². The van der Waals surface area contributed by atoms with E-state index >= 15 is 0 Å². The monoisotopic (exact) mass is 483 g/mol. The van der Waals surface area contributed by atoms with Crippen molar-refractivity contribution < 1.29 is 14.3 Å². The number of hydrogen-bond donors (Lipinski definition) is 2. The quantitative estimate of drug-likeness (QED) is 0.312. The summed E-state index contributed by atoms with van der Waals surface area (Å²) in [5, 5.41) is 2.70. The molecule has 0 unspecified atom stereocenters. The first kappa shape index (κ1) is 26.2. The zero-order valence-corrected chi connectivity index (χ0v) is 20.7. The van der Waals surface area contributed by atoms with E-state index in [0.29, 0.717) is 28.0 Å². The average Bonchev–Trinajstić information content (AvgIpc) is 2.84. The van der Waals surface area contributed by atoms with Gasteiger partial charge in [-0.05, 0) is 71.2 Å². The van der Waals surface area contributed by atoms with Gasteiger partial charge in [0.2, 0.25) is 5.91 Å². The van der Waals surface area contributed by atoms with Crippen LogP contribution in [0.2, 0.25) is 0 Å². The average molecular weight is 483 g/mol. The maximum atomic E-state index is 13.0. The third-order valence-corrected chi connectivity index (χ3v) is 6.24. The molecular weight excluding hydrogens is 459 g/mol. The molecule has 1 atom stereocenters. The number of aromatic nitrogens is 1. The molecule has 3 aromatic carbocycles. The van der Waals surface area contributed by atoms with Crippen LogP contribution in [0.25, 0.3) is 10.8 Å². The number of nitrogens with two attached hydrogens (primary N) is 1. The maximum absolute atomic E-state index is 13.0. The molecule has 1 aromatic heterocycles. The highest BCUT2D eigenvalue weighted by Gasteiger charge is 2.27. The van der Waals surface area contributed by atoms with E-state index in [1.54, 1.807) is 48.7 Å². The zero-order valence-electron chi connectivity index (χ0n) is 20.7. The number of ether oxygens (including phenoxy) is 1. The van der Waals surface area contributed by atoms with E-state index in [1.807, 2.05) is 38.1 Å². The van der Waals surface area contributed by atoms with Gasteiger partial charge in [-0.1, -0.05) is 48.0 Å². The van der Waals surface area contributed by atoms with Crippen LogP contribution >= 0.6 is 0 Å². The summed E-state index contributed by atoms with van der Waals surface area (Å²) in [6, 6.07) is 19.2. The topological polar surface area (TPSA) is 94.3 Å². The number of nitrogens with zero attached hydrogens (tertiary/aromatic N) is 1. The number of hydrogen-bond acceptors (Lipinski definition) is 5. The lowest BCUT2D eigenvalue weighted by Gasteiger charge is -2.28. The zero-order chi connectivity index (χ0) is 26.7. The van der Waals surface area contributed by atoms with Crippen LogP contribution in [0.5, 0.6) is 0 Å². The van der Waals surface area contributed by atoms with E-state index < -0.39 is 17.3 Å². The summed E-state index contributed by atoms with van der Waals surface area (Å²) < 4.78 is 5.43. The van der Waals surface area contributed by atoms with Crippen LogP contribution < -0.4 is 16.6 Å². The molecule has 4 rings (SSSR count). The summed E-state index contributed by atoms with van der Waals surface area (Å²) in [6.07, 6.45) is 1.61. The molecule has 0 saturated carbocycles. The van der Waals surface area contributed by atoms with Crippen LogP contribution in [0.3, 0.4) is 0 Å². The molecular formula is C28H24B3N3O3. The minimum Gasteiger partial charge on any atom is -0.471 e. The van der Waals surface area contributed by atoms with E-state index in [9.17, 15) is 9.59 Å². The second-order valence-electron chi connectivity index (χ2n) is 9.03. The molecule has 0 aliphatic rings. The number of anilines is 1. The smallest absolute Gasteiger partial charge is 0.337 e. The molecule has 0 bridgehead atoms. The number of carbonyl (C=O) groups is 2. The second-order valence-corrected chi connectivity index (χ2v) is 9.03. The molecule has 4 aromatic rings. The number of nitrogens with one attached hydrogen (secondary N) is 1. The number of pyridine rings is 1. The molecule has 0 fully saturated rings. The van der Waals surface area contributed by atoms with Gasteiger partial charge >= 0.3 is 5.97 Å². The van der Waals surface area contributed by atoms with Crippen molar-refractivity contribution in [3.8, 4) is 0 Å². The molecule has 0 saturated heterocycles. The van der Waals surface area contributed by atoms with Gasteiger partial charge < -0.3 is 15.8 Å². The molecule has 178 valence electrons. The summed E-state index contributed by atoms with van der Waals surface area (Å²) in [7, 11) is 18.2. The van der Waals surface area contributed by atoms with Crippen molar-refractivity contribution >= 4 is 57.5 Å². The first-order valence-electron chi connectivity index (χ1n) is 11.7. The Morgan fingerprint density at radius 2 is 1.76 bits per heavy atom. The molecule has 0 aliphatic heterocycles. The van der Waals surface area contributed by atoms with Gasteiger partial charge in [0.15, 0.2) is 0 Å². The van der Waals surface area contributed by atoms with E-state index in [1.165, 1.54) is 0 Å². The van der Waals surface area contributed by atoms with E-state index in [0.717, 1.165) is 21.9 Å². The molecule has 0 aliphatic carbocycles. The molecule has 6 radical (unpaired) electrons. The lowest BCUT2D eigenvalue weighted by molar-refractivity contribution is -0.117. The van der Waals surface area contributed by atoms with Crippen molar-refractivity contribution in [1.29, 1.82) is 0 Å². The van der Waals surface area contributed by atoms with Crippen LogP contribution in [0.15, 0.2) is 72.9 Å². The predicted molar refractivity (Wildman–Crippen MR) is 149 cm³/mol. The van der Waals surface area contributed by atoms with Gasteiger partial charge in [-0.3, -0.25) is 9.78 Å². The van der Waals surface area contributed by atoms with Crippen molar-refractivity contribution in [3.05, 3.63) is 101 Å². The Kier molecular flexibility index (Phi) is 7.55. The molecule has 1 heterocycles. The molecule has 0 spiro atoms. The highest BCUT2D eigenvalue weighted by molar-refractivity contribution is 6.39. The van der Waals surface area contributed by atoms with Crippen LogP contribution in [0, 0.1) is 13.8 Å². The second kappa shape index (κ2) is 10.6. The first-order valence-corrected chi connectivity index (χ1v) is 11.7. The summed E-state index contributed by atoms with van der Waals surface area (Å²) in [4.78, 5) is 29.8. The van der Waals surface area contributed by atoms with Gasteiger partial charge in [0, 0.05) is 18.4 Å². The number of fused-ring (bicyclic) bond motifs is 1. The molecule has 6 nitrogen and oxygen atoms in total. The Morgan fingerprint density at radius 3 is 2.43 bits per heavy atom. The fraction of sp³-hybridized carbons (Fsp3) is 0.179.